The smallest absolute Gasteiger partial charge is 0.187 e. The molecule has 6 aliphatic rings. The summed E-state index contributed by atoms with van der Waals surface area (Å²) in [6, 6.07) is 8.15. The molecule has 4 aliphatic heterocycles. The fourth-order valence-electron chi connectivity index (χ4n) is 5.88. The lowest BCUT2D eigenvalue weighted by Crippen LogP contribution is -2.54. The number of benzene rings is 1. The SMILES string of the molecule is CC1(C)OC2CCC1/C(=C/c1ccc(/C=C3/C(=O)C4CCC3C(C)(C)O4)cc1)C2=O. The Hall–Kier alpha value is -2.04. The third kappa shape index (κ3) is 3.12. The highest BCUT2D eigenvalue weighted by molar-refractivity contribution is 6.05. The zero-order chi connectivity index (χ0) is 21.3. The molecule has 4 bridgehead atoms. The number of rotatable bonds is 2. The summed E-state index contributed by atoms with van der Waals surface area (Å²) in [6.07, 6.45) is 7.14. The summed E-state index contributed by atoms with van der Waals surface area (Å²) >= 11 is 0. The highest BCUT2D eigenvalue weighted by atomic mass is 16.5. The van der Waals surface area contributed by atoms with Crippen molar-refractivity contribution >= 4 is 23.7 Å². The number of carbonyl (C=O) groups is 2. The molecule has 4 heteroatoms. The molecule has 2 aliphatic carbocycles. The van der Waals surface area contributed by atoms with Gasteiger partial charge in [-0.05, 0) is 76.7 Å². The molecule has 0 N–H and O–H groups in total. The normalized spacial score (nSPS) is 36.7. The van der Waals surface area contributed by atoms with Crippen LogP contribution in [0.3, 0.4) is 0 Å². The lowest BCUT2D eigenvalue weighted by atomic mass is 9.69. The molecule has 4 atom stereocenters. The van der Waals surface area contributed by atoms with Gasteiger partial charge in [0.15, 0.2) is 11.6 Å². The number of Topliss-reactive ketones (excluding diaryl/α,β-unsaturated/α-hetero) is 2. The summed E-state index contributed by atoms with van der Waals surface area (Å²) in [7, 11) is 0. The fourth-order valence-corrected chi connectivity index (χ4v) is 5.88. The maximum Gasteiger partial charge on any atom is 0.187 e. The highest BCUT2D eigenvalue weighted by Crippen LogP contribution is 2.47. The number of fused-ring (bicyclic) bond motifs is 6. The van der Waals surface area contributed by atoms with E-state index < -0.39 is 0 Å². The van der Waals surface area contributed by atoms with Gasteiger partial charge in [0.1, 0.15) is 12.2 Å². The van der Waals surface area contributed by atoms with Crippen LogP contribution in [0.2, 0.25) is 0 Å². The van der Waals surface area contributed by atoms with Crippen LogP contribution in [-0.4, -0.2) is 35.0 Å². The van der Waals surface area contributed by atoms with Gasteiger partial charge in [-0.1, -0.05) is 24.3 Å². The second kappa shape index (κ2) is 6.73. The fraction of sp³-hybridized carbons (Fsp3) is 0.538. The maximum atomic E-state index is 12.7. The topological polar surface area (TPSA) is 52.6 Å². The molecule has 1 aromatic carbocycles. The second-order valence-electron chi connectivity index (χ2n) is 10.3. The molecular formula is C26H30O4. The molecule has 0 amide bonds. The van der Waals surface area contributed by atoms with E-state index in [0.29, 0.717) is 0 Å². The van der Waals surface area contributed by atoms with Crippen LogP contribution in [0.25, 0.3) is 12.2 Å². The zero-order valence-corrected chi connectivity index (χ0v) is 18.2. The first kappa shape index (κ1) is 19.9. The second-order valence-corrected chi connectivity index (χ2v) is 10.3. The predicted molar refractivity (Wildman–Crippen MR) is 116 cm³/mol. The van der Waals surface area contributed by atoms with E-state index in [-0.39, 0.29) is 46.8 Å². The quantitative estimate of drug-likeness (QED) is 0.664. The van der Waals surface area contributed by atoms with Gasteiger partial charge >= 0.3 is 0 Å². The molecule has 1 aromatic rings. The van der Waals surface area contributed by atoms with Crippen molar-refractivity contribution in [3.8, 4) is 0 Å². The van der Waals surface area contributed by atoms with Crippen molar-refractivity contribution in [1.82, 2.24) is 0 Å². The third-order valence-corrected chi connectivity index (χ3v) is 7.49. The predicted octanol–water partition coefficient (Wildman–Crippen LogP) is 4.77. The molecule has 158 valence electrons. The molecule has 30 heavy (non-hydrogen) atoms. The Morgan fingerprint density at radius 2 is 1.07 bits per heavy atom. The van der Waals surface area contributed by atoms with Crippen LogP contribution in [0.1, 0.15) is 64.5 Å². The molecule has 4 saturated heterocycles. The summed E-state index contributed by atoms with van der Waals surface area (Å²) in [4.78, 5) is 25.5. The largest absolute Gasteiger partial charge is 0.364 e. The molecule has 0 spiro atoms. The van der Waals surface area contributed by atoms with Gasteiger partial charge in [0.05, 0.1) is 11.2 Å². The van der Waals surface area contributed by atoms with Crippen LogP contribution < -0.4 is 0 Å². The molecule has 6 fully saturated rings. The van der Waals surface area contributed by atoms with Crippen molar-refractivity contribution in [1.29, 1.82) is 0 Å². The summed E-state index contributed by atoms with van der Waals surface area (Å²) in [5.74, 6) is 0.578. The lowest BCUT2D eigenvalue weighted by molar-refractivity contribution is -0.172. The summed E-state index contributed by atoms with van der Waals surface area (Å²) in [6.45, 7) is 8.33. The van der Waals surface area contributed by atoms with E-state index in [9.17, 15) is 9.59 Å². The van der Waals surface area contributed by atoms with E-state index in [1.807, 2.05) is 36.4 Å². The van der Waals surface area contributed by atoms with Crippen molar-refractivity contribution in [2.75, 3.05) is 0 Å². The van der Waals surface area contributed by atoms with Crippen molar-refractivity contribution in [2.24, 2.45) is 11.8 Å². The van der Waals surface area contributed by atoms with E-state index in [2.05, 4.69) is 27.7 Å². The monoisotopic (exact) mass is 406 g/mol. The standard InChI is InChI=1S/C26H30O4/c1-25(2)19-9-11-21(29-25)23(27)17(19)13-15-5-7-16(8-6-15)14-18-20-10-12-22(24(18)28)30-26(20,3)4/h5-8,13-14,19-22H,9-12H2,1-4H3/b17-13-,18-14+. The Labute approximate surface area is 178 Å². The van der Waals surface area contributed by atoms with Gasteiger partial charge in [-0.2, -0.15) is 0 Å². The number of hydrogen-bond acceptors (Lipinski definition) is 4. The molecule has 0 aromatic heterocycles. The van der Waals surface area contributed by atoms with Gasteiger partial charge in [0.25, 0.3) is 0 Å². The molecule has 0 radical (unpaired) electrons. The van der Waals surface area contributed by atoms with Crippen LogP contribution in [0.5, 0.6) is 0 Å². The molecule has 4 nitrogen and oxygen atoms in total. The van der Waals surface area contributed by atoms with E-state index in [4.69, 9.17) is 9.47 Å². The minimum Gasteiger partial charge on any atom is -0.364 e. The number of ketones is 2. The van der Waals surface area contributed by atoms with Crippen molar-refractivity contribution in [3.05, 3.63) is 46.5 Å². The summed E-state index contributed by atoms with van der Waals surface area (Å²) < 4.78 is 11.9. The van der Waals surface area contributed by atoms with E-state index in [0.717, 1.165) is 48.0 Å². The van der Waals surface area contributed by atoms with Gasteiger partial charge in [-0.15, -0.1) is 0 Å². The molecule has 2 saturated carbocycles. The molecule has 7 rings (SSSR count). The first-order valence-electron chi connectivity index (χ1n) is 11.1. The van der Waals surface area contributed by atoms with Gasteiger partial charge < -0.3 is 9.47 Å². The van der Waals surface area contributed by atoms with E-state index in [1.165, 1.54) is 0 Å². The number of hydrogen-bond donors (Lipinski definition) is 0. The molecule has 4 unspecified atom stereocenters. The van der Waals surface area contributed by atoms with Gasteiger partial charge in [0, 0.05) is 23.0 Å². The van der Waals surface area contributed by atoms with Gasteiger partial charge in [-0.25, -0.2) is 0 Å². The Balaban J connectivity index is 1.42. The minimum absolute atomic E-state index is 0.142. The number of carbonyl (C=O) groups excluding carboxylic acids is 2. The van der Waals surface area contributed by atoms with Crippen molar-refractivity contribution in [2.45, 2.75) is 76.8 Å². The molecular weight excluding hydrogens is 376 g/mol. The van der Waals surface area contributed by atoms with E-state index >= 15 is 0 Å². The zero-order valence-electron chi connectivity index (χ0n) is 18.2. The average Bonchev–Trinajstić information content (AvgIpc) is 2.68. The lowest BCUT2D eigenvalue weighted by Gasteiger charge is -2.48. The Kier molecular flexibility index (Phi) is 4.46. The highest BCUT2D eigenvalue weighted by Gasteiger charge is 2.50. The van der Waals surface area contributed by atoms with Gasteiger partial charge in [0.2, 0.25) is 0 Å². The van der Waals surface area contributed by atoms with Crippen molar-refractivity contribution in [3.63, 3.8) is 0 Å². The Morgan fingerprint density at radius 1 is 0.700 bits per heavy atom. The summed E-state index contributed by atoms with van der Waals surface area (Å²) in [5.41, 5.74) is 3.25. The average molecular weight is 407 g/mol. The minimum atomic E-state index is -0.293. The van der Waals surface area contributed by atoms with Crippen LogP contribution in [-0.2, 0) is 19.1 Å². The van der Waals surface area contributed by atoms with Crippen molar-refractivity contribution < 1.29 is 19.1 Å². The Morgan fingerprint density at radius 3 is 1.40 bits per heavy atom. The summed E-state index contributed by atoms with van der Waals surface area (Å²) in [5, 5.41) is 0. The van der Waals surface area contributed by atoms with Gasteiger partial charge in [-0.3, -0.25) is 9.59 Å². The van der Waals surface area contributed by atoms with Crippen LogP contribution >= 0.6 is 0 Å². The third-order valence-electron chi connectivity index (χ3n) is 7.49. The van der Waals surface area contributed by atoms with Crippen LogP contribution in [0.15, 0.2) is 35.4 Å². The van der Waals surface area contributed by atoms with Crippen LogP contribution in [0.4, 0.5) is 0 Å². The first-order valence-corrected chi connectivity index (χ1v) is 11.1. The molecule has 4 heterocycles. The maximum absolute atomic E-state index is 12.7. The van der Waals surface area contributed by atoms with E-state index in [1.54, 1.807) is 0 Å². The van der Waals surface area contributed by atoms with Crippen LogP contribution in [0, 0.1) is 11.8 Å². The first-order chi connectivity index (χ1) is 14.2. The Bertz CT molecular complexity index is 884. The number of ether oxygens (including phenoxy) is 2.